The van der Waals surface area contributed by atoms with E-state index in [0.717, 1.165) is 0 Å². The Kier molecular flexibility index (Phi) is 5.77. The van der Waals surface area contributed by atoms with Crippen molar-refractivity contribution in [1.82, 2.24) is 0 Å². The predicted octanol–water partition coefficient (Wildman–Crippen LogP) is -4.02. The van der Waals surface area contributed by atoms with Gasteiger partial charge in [-0.05, 0) is 0 Å². The van der Waals surface area contributed by atoms with E-state index in [9.17, 15) is 4.79 Å². The molecule has 7 nitrogen and oxygen atoms in total. The molecular formula is C7H14O7. The average Bonchev–Trinajstić information content (AvgIpc) is 2.23. The summed E-state index contributed by atoms with van der Waals surface area (Å²) in [6.07, 6.45) is -9.21. The molecule has 6 N–H and O–H groups in total. The lowest BCUT2D eigenvalue weighted by atomic mass is 10.0. The third-order valence-corrected chi connectivity index (χ3v) is 1.77. The van der Waals surface area contributed by atoms with Crippen LogP contribution in [0.25, 0.3) is 0 Å². The normalized spacial score (nSPS) is 22.1. The van der Waals surface area contributed by atoms with Crippen molar-refractivity contribution in [3.63, 3.8) is 0 Å². The molecule has 0 aromatic rings. The van der Waals surface area contributed by atoms with E-state index in [1.165, 1.54) is 0 Å². The van der Waals surface area contributed by atoms with Crippen molar-refractivity contribution in [2.45, 2.75) is 30.5 Å². The fraction of sp³-hybridized carbons (Fsp3) is 0.857. The Morgan fingerprint density at radius 2 is 1.43 bits per heavy atom. The van der Waals surface area contributed by atoms with Crippen LogP contribution < -0.4 is 0 Å². The number of rotatable bonds is 6. The van der Waals surface area contributed by atoms with Crippen molar-refractivity contribution in [3.05, 3.63) is 0 Å². The third-order valence-electron chi connectivity index (χ3n) is 1.77. The molecule has 0 aliphatic heterocycles. The van der Waals surface area contributed by atoms with Crippen LogP contribution in [0.15, 0.2) is 0 Å². The average molecular weight is 210 g/mol. The van der Waals surface area contributed by atoms with Crippen molar-refractivity contribution in [2.75, 3.05) is 6.61 Å². The largest absolute Gasteiger partial charge is 0.394 e. The SMILES string of the molecule is O=C[C@H](O)[C@@H](O)[C@@H](O)[C@H](O)C(O)CO. The fourth-order valence-electron chi connectivity index (χ4n) is 0.820. The highest BCUT2D eigenvalue weighted by molar-refractivity contribution is 5.56. The molecule has 0 aromatic heterocycles. The van der Waals surface area contributed by atoms with Gasteiger partial charge in [0.15, 0.2) is 6.29 Å². The van der Waals surface area contributed by atoms with Gasteiger partial charge in [-0.3, -0.25) is 0 Å². The number of carbonyl (C=O) groups excluding carboxylic acids is 1. The lowest BCUT2D eigenvalue weighted by molar-refractivity contribution is -0.147. The van der Waals surface area contributed by atoms with E-state index in [0.29, 0.717) is 0 Å². The predicted molar refractivity (Wildman–Crippen MR) is 43.2 cm³/mol. The van der Waals surface area contributed by atoms with Crippen LogP contribution in [0.4, 0.5) is 0 Å². The van der Waals surface area contributed by atoms with Gasteiger partial charge >= 0.3 is 0 Å². The molecule has 0 saturated carbocycles. The highest BCUT2D eigenvalue weighted by Gasteiger charge is 2.33. The zero-order valence-electron chi connectivity index (χ0n) is 7.26. The van der Waals surface area contributed by atoms with E-state index in [1.807, 2.05) is 0 Å². The van der Waals surface area contributed by atoms with Gasteiger partial charge in [-0.1, -0.05) is 0 Å². The summed E-state index contributed by atoms with van der Waals surface area (Å²) < 4.78 is 0. The summed E-state index contributed by atoms with van der Waals surface area (Å²) in [5.41, 5.74) is 0. The van der Waals surface area contributed by atoms with Gasteiger partial charge in [0.1, 0.15) is 30.5 Å². The van der Waals surface area contributed by atoms with Crippen molar-refractivity contribution >= 4 is 6.29 Å². The zero-order valence-corrected chi connectivity index (χ0v) is 7.26. The lowest BCUT2D eigenvalue weighted by Gasteiger charge is -2.26. The maximum absolute atomic E-state index is 10.00. The molecule has 84 valence electrons. The monoisotopic (exact) mass is 210 g/mol. The van der Waals surface area contributed by atoms with Gasteiger partial charge in [0.05, 0.1) is 6.61 Å². The molecule has 0 heterocycles. The van der Waals surface area contributed by atoms with Crippen molar-refractivity contribution in [2.24, 2.45) is 0 Å². The second kappa shape index (κ2) is 6.02. The van der Waals surface area contributed by atoms with Crippen LogP contribution in [-0.4, -0.2) is 74.1 Å². The van der Waals surface area contributed by atoms with Gasteiger partial charge in [-0.15, -0.1) is 0 Å². The first-order chi connectivity index (χ1) is 6.45. The van der Waals surface area contributed by atoms with E-state index < -0.39 is 37.1 Å². The first kappa shape index (κ1) is 13.4. The Morgan fingerprint density at radius 3 is 1.79 bits per heavy atom. The quantitative estimate of drug-likeness (QED) is 0.245. The molecule has 0 aliphatic rings. The van der Waals surface area contributed by atoms with Gasteiger partial charge in [0.25, 0.3) is 0 Å². The van der Waals surface area contributed by atoms with Crippen molar-refractivity contribution in [1.29, 1.82) is 0 Å². The summed E-state index contributed by atoms with van der Waals surface area (Å²) >= 11 is 0. The minimum atomic E-state index is -1.92. The Morgan fingerprint density at radius 1 is 0.929 bits per heavy atom. The Labute approximate surface area is 79.9 Å². The van der Waals surface area contributed by atoms with E-state index in [4.69, 9.17) is 30.6 Å². The van der Waals surface area contributed by atoms with Crippen LogP contribution in [-0.2, 0) is 4.79 Å². The second-order valence-electron chi connectivity index (χ2n) is 2.85. The summed E-state index contributed by atoms with van der Waals surface area (Å²) in [7, 11) is 0. The summed E-state index contributed by atoms with van der Waals surface area (Å²) in [5.74, 6) is 0. The summed E-state index contributed by atoms with van der Waals surface area (Å²) in [6, 6.07) is 0. The maximum atomic E-state index is 10.00. The summed E-state index contributed by atoms with van der Waals surface area (Å²) in [4.78, 5) is 10.00. The molecule has 0 spiro atoms. The molecule has 0 fully saturated rings. The Balaban J connectivity index is 4.29. The van der Waals surface area contributed by atoms with Gasteiger partial charge in [-0.2, -0.15) is 0 Å². The number of carbonyl (C=O) groups is 1. The molecular weight excluding hydrogens is 196 g/mol. The first-order valence-corrected chi connectivity index (χ1v) is 3.92. The van der Waals surface area contributed by atoms with Crippen LogP contribution in [0.5, 0.6) is 0 Å². The zero-order chi connectivity index (χ0) is 11.3. The molecule has 14 heavy (non-hydrogen) atoms. The summed E-state index contributed by atoms with van der Waals surface area (Å²) in [6.45, 7) is -0.817. The highest BCUT2D eigenvalue weighted by Crippen LogP contribution is 2.07. The minimum absolute atomic E-state index is 0.0219. The van der Waals surface area contributed by atoms with E-state index in [2.05, 4.69) is 0 Å². The molecule has 0 aliphatic carbocycles. The van der Waals surface area contributed by atoms with Crippen LogP contribution in [0.3, 0.4) is 0 Å². The van der Waals surface area contributed by atoms with Gasteiger partial charge in [-0.25, -0.2) is 0 Å². The minimum Gasteiger partial charge on any atom is -0.394 e. The maximum Gasteiger partial charge on any atom is 0.151 e. The topological polar surface area (TPSA) is 138 Å². The van der Waals surface area contributed by atoms with Gasteiger partial charge in [0.2, 0.25) is 0 Å². The van der Waals surface area contributed by atoms with E-state index >= 15 is 0 Å². The Bertz CT molecular complexity index is 173. The van der Waals surface area contributed by atoms with E-state index in [1.54, 1.807) is 0 Å². The molecule has 0 bridgehead atoms. The number of aliphatic hydroxyl groups excluding tert-OH is 6. The standard InChI is InChI=1S/C7H14O7/c8-1-3(10)5(12)7(14)6(13)4(11)2-9/h1,3-7,9-14H,2H2/t3-,4?,5+,6+,7+/m0/s1. The molecule has 5 atom stereocenters. The molecule has 0 amide bonds. The fourth-order valence-corrected chi connectivity index (χ4v) is 0.820. The number of hydrogen-bond acceptors (Lipinski definition) is 7. The highest BCUT2D eigenvalue weighted by atomic mass is 16.4. The van der Waals surface area contributed by atoms with Crippen molar-refractivity contribution in [3.8, 4) is 0 Å². The molecule has 7 heteroatoms. The van der Waals surface area contributed by atoms with Crippen LogP contribution in [0.1, 0.15) is 0 Å². The smallest absolute Gasteiger partial charge is 0.151 e. The molecule has 0 rings (SSSR count). The van der Waals surface area contributed by atoms with Crippen molar-refractivity contribution < 1.29 is 35.4 Å². The van der Waals surface area contributed by atoms with Gasteiger partial charge < -0.3 is 35.4 Å². The van der Waals surface area contributed by atoms with Crippen LogP contribution >= 0.6 is 0 Å². The molecule has 0 radical (unpaired) electrons. The number of aldehydes is 1. The third kappa shape index (κ3) is 3.29. The molecule has 0 saturated heterocycles. The van der Waals surface area contributed by atoms with E-state index in [-0.39, 0.29) is 6.29 Å². The number of aliphatic hydroxyl groups is 6. The second-order valence-corrected chi connectivity index (χ2v) is 2.85. The Hall–Kier alpha value is -0.570. The summed E-state index contributed by atoms with van der Waals surface area (Å²) in [5, 5.41) is 53.2. The first-order valence-electron chi connectivity index (χ1n) is 3.92. The van der Waals surface area contributed by atoms with Crippen LogP contribution in [0, 0.1) is 0 Å². The lowest BCUT2D eigenvalue weighted by Crippen LogP contribution is -2.50. The van der Waals surface area contributed by atoms with Gasteiger partial charge in [0, 0.05) is 0 Å². The van der Waals surface area contributed by atoms with Crippen LogP contribution in [0.2, 0.25) is 0 Å². The molecule has 1 unspecified atom stereocenters. The number of hydrogen-bond donors (Lipinski definition) is 6. The molecule has 0 aromatic carbocycles.